The molecule has 27 heavy (non-hydrogen) atoms. The van der Waals surface area contributed by atoms with E-state index in [1.807, 2.05) is 42.5 Å². The molecule has 0 spiro atoms. The molecule has 1 atom stereocenters. The number of benzene rings is 2. The first kappa shape index (κ1) is 20.5. The van der Waals surface area contributed by atoms with E-state index in [-0.39, 0.29) is 12.2 Å². The number of allylic oxidation sites excluding steroid dienone is 1. The van der Waals surface area contributed by atoms with Crippen molar-refractivity contribution in [3.8, 4) is 11.5 Å². The highest BCUT2D eigenvalue weighted by atomic mass is 16.5. The van der Waals surface area contributed by atoms with E-state index < -0.39 is 12.1 Å². The molecule has 0 heterocycles. The standard InChI is InChI=1S/C22H26O5/c1-27-21-14-17(11-13-20(21)24)10-12-19(23)5-3-2-4-16-6-8-18(9-7-16)15-22(25)26/h2,4,6-9,11,13-14,19,23-24H,3,5,10,12,15H2,1H3,(H,25,26). The van der Waals surface area contributed by atoms with Crippen molar-refractivity contribution in [2.75, 3.05) is 7.11 Å². The number of aliphatic hydroxyl groups is 1. The zero-order chi connectivity index (χ0) is 19.6. The molecular formula is C22H26O5. The first-order valence-electron chi connectivity index (χ1n) is 8.99. The topological polar surface area (TPSA) is 87.0 Å². The monoisotopic (exact) mass is 370 g/mol. The molecule has 5 heteroatoms. The molecule has 0 aliphatic rings. The summed E-state index contributed by atoms with van der Waals surface area (Å²) in [5.41, 5.74) is 2.80. The number of aromatic hydroxyl groups is 1. The molecule has 0 aromatic heterocycles. The Morgan fingerprint density at radius 1 is 1.11 bits per heavy atom. The number of aliphatic hydroxyl groups excluding tert-OH is 1. The predicted octanol–water partition coefficient (Wildman–Crippen LogP) is 3.82. The maximum atomic E-state index is 10.7. The van der Waals surface area contributed by atoms with E-state index in [1.54, 1.807) is 12.1 Å². The van der Waals surface area contributed by atoms with Crippen LogP contribution in [-0.2, 0) is 17.6 Å². The van der Waals surface area contributed by atoms with Crippen LogP contribution in [0.2, 0.25) is 0 Å². The van der Waals surface area contributed by atoms with Gasteiger partial charge in [-0.1, -0.05) is 42.5 Å². The molecule has 0 amide bonds. The summed E-state index contributed by atoms with van der Waals surface area (Å²) in [5.74, 6) is -0.278. The summed E-state index contributed by atoms with van der Waals surface area (Å²) in [6, 6.07) is 12.6. The Hall–Kier alpha value is -2.79. The Morgan fingerprint density at radius 2 is 1.81 bits per heavy atom. The van der Waals surface area contributed by atoms with Crippen molar-refractivity contribution in [2.24, 2.45) is 0 Å². The van der Waals surface area contributed by atoms with Crippen LogP contribution in [0.4, 0.5) is 0 Å². The van der Waals surface area contributed by atoms with Gasteiger partial charge in [-0.05, 0) is 54.5 Å². The van der Waals surface area contributed by atoms with Crippen LogP contribution in [0.25, 0.3) is 6.08 Å². The number of phenolic OH excluding ortho intramolecular Hbond substituents is 1. The van der Waals surface area contributed by atoms with Crippen LogP contribution in [0, 0.1) is 0 Å². The first-order valence-corrected chi connectivity index (χ1v) is 8.99. The van der Waals surface area contributed by atoms with Crippen LogP contribution < -0.4 is 4.74 Å². The second-order valence-electron chi connectivity index (χ2n) is 6.49. The van der Waals surface area contributed by atoms with Crippen molar-refractivity contribution in [1.29, 1.82) is 0 Å². The fraction of sp³-hybridized carbons (Fsp3) is 0.318. The minimum absolute atomic E-state index is 0.0308. The highest BCUT2D eigenvalue weighted by Gasteiger charge is 2.07. The van der Waals surface area contributed by atoms with E-state index in [0.717, 1.165) is 23.1 Å². The van der Waals surface area contributed by atoms with Gasteiger partial charge in [-0.2, -0.15) is 0 Å². The highest BCUT2D eigenvalue weighted by Crippen LogP contribution is 2.27. The lowest BCUT2D eigenvalue weighted by molar-refractivity contribution is -0.136. The third-order valence-electron chi connectivity index (χ3n) is 4.32. The van der Waals surface area contributed by atoms with Gasteiger partial charge in [-0.3, -0.25) is 4.79 Å². The number of hydrogen-bond donors (Lipinski definition) is 3. The lowest BCUT2D eigenvalue weighted by Crippen LogP contribution is -2.07. The van der Waals surface area contributed by atoms with Crippen LogP contribution in [-0.4, -0.2) is 34.5 Å². The van der Waals surface area contributed by atoms with Gasteiger partial charge in [-0.25, -0.2) is 0 Å². The molecule has 2 aromatic carbocycles. The summed E-state index contributed by atoms with van der Waals surface area (Å²) in [6.07, 6.45) is 6.41. The zero-order valence-corrected chi connectivity index (χ0v) is 15.5. The third kappa shape index (κ3) is 7.15. The van der Waals surface area contributed by atoms with Gasteiger partial charge in [0.25, 0.3) is 0 Å². The number of aryl methyl sites for hydroxylation is 1. The maximum Gasteiger partial charge on any atom is 0.307 e. The van der Waals surface area contributed by atoms with E-state index >= 15 is 0 Å². The maximum absolute atomic E-state index is 10.7. The summed E-state index contributed by atoms with van der Waals surface area (Å²) in [7, 11) is 1.51. The molecule has 3 N–H and O–H groups in total. The van der Waals surface area contributed by atoms with Crippen molar-refractivity contribution in [3.05, 3.63) is 65.2 Å². The lowest BCUT2D eigenvalue weighted by atomic mass is 10.0. The molecule has 0 fully saturated rings. The van der Waals surface area contributed by atoms with E-state index in [4.69, 9.17) is 9.84 Å². The van der Waals surface area contributed by atoms with Gasteiger partial charge in [0.2, 0.25) is 0 Å². The van der Waals surface area contributed by atoms with Crippen LogP contribution in [0.3, 0.4) is 0 Å². The van der Waals surface area contributed by atoms with Crippen molar-refractivity contribution in [1.82, 2.24) is 0 Å². The van der Waals surface area contributed by atoms with E-state index in [9.17, 15) is 15.0 Å². The van der Waals surface area contributed by atoms with Crippen LogP contribution in [0.5, 0.6) is 11.5 Å². The second-order valence-corrected chi connectivity index (χ2v) is 6.49. The Labute approximate surface area is 159 Å². The molecule has 0 radical (unpaired) electrons. The molecule has 144 valence electrons. The van der Waals surface area contributed by atoms with Gasteiger partial charge in [0.1, 0.15) is 0 Å². The molecule has 0 saturated heterocycles. The summed E-state index contributed by atoms with van der Waals surface area (Å²) in [5, 5.41) is 28.5. The van der Waals surface area contributed by atoms with E-state index in [2.05, 4.69) is 0 Å². The number of carbonyl (C=O) groups is 1. The SMILES string of the molecule is COc1cc(CCC(O)CCC=Cc2ccc(CC(=O)O)cc2)ccc1O. The fourth-order valence-corrected chi connectivity index (χ4v) is 2.78. The van der Waals surface area contributed by atoms with Gasteiger partial charge in [0.15, 0.2) is 11.5 Å². The lowest BCUT2D eigenvalue weighted by Gasteiger charge is -2.10. The number of aliphatic carboxylic acids is 1. The minimum Gasteiger partial charge on any atom is -0.504 e. The smallest absolute Gasteiger partial charge is 0.307 e. The molecule has 5 nitrogen and oxygen atoms in total. The molecule has 0 aliphatic carbocycles. The second kappa shape index (κ2) is 10.4. The average Bonchev–Trinajstić information content (AvgIpc) is 2.65. The number of phenols is 1. The van der Waals surface area contributed by atoms with Crippen molar-refractivity contribution < 1.29 is 24.9 Å². The largest absolute Gasteiger partial charge is 0.504 e. The van der Waals surface area contributed by atoms with Crippen LogP contribution >= 0.6 is 0 Å². The van der Waals surface area contributed by atoms with E-state index in [1.165, 1.54) is 7.11 Å². The number of rotatable bonds is 10. The average molecular weight is 370 g/mol. The first-order chi connectivity index (χ1) is 13.0. The summed E-state index contributed by atoms with van der Waals surface area (Å²) in [4.78, 5) is 10.7. The van der Waals surface area contributed by atoms with Gasteiger partial charge in [0.05, 0.1) is 19.6 Å². The number of ether oxygens (including phenoxy) is 1. The molecule has 2 aromatic rings. The third-order valence-corrected chi connectivity index (χ3v) is 4.32. The molecule has 0 bridgehead atoms. The Balaban J connectivity index is 1.73. The number of methoxy groups -OCH3 is 1. The van der Waals surface area contributed by atoms with Gasteiger partial charge < -0.3 is 20.1 Å². The van der Waals surface area contributed by atoms with Crippen LogP contribution in [0.1, 0.15) is 36.0 Å². The fourth-order valence-electron chi connectivity index (χ4n) is 2.78. The predicted molar refractivity (Wildman–Crippen MR) is 105 cm³/mol. The van der Waals surface area contributed by atoms with Crippen molar-refractivity contribution in [2.45, 2.75) is 38.2 Å². The highest BCUT2D eigenvalue weighted by molar-refractivity contribution is 5.70. The Morgan fingerprint density at radius 3 is 2.48 bits per heavy atom. The number of carboxylic acids is 1. The number of carboxylic acid groups (broad SMARTS) is 1. The van der Waals surface area contributed by atoms with Crippen LogP contribution in [0.15, 0.2) is 48.5 Å². The Kier molecular flexibility index (Phi) is 7.89. The van der Waals surface area contributed by atoms with Gasteiger partial charge >= 0.3 is 5.97 Å². The zero-order valence-electron chi connectivity index (χ0n) is 15.5. The molecule has 0 aliphatic heterocycles. The van der Waals surface area contributed by atoms with Gasteiger partial charge in [0, 0.05) is 0 Å². The molecule has 1 unspecified atom stereocenters. The van der Waals surface area contributed by atoms with Gasteiger partial charge in [-0.15, -0.1) is 0 Å². The summed E-state index contributed by atoms with van der Waals surface area (Å²) < 4.78 is 5.09. The quantitative estimate of drug-likeness (QED) is 0.592. The molecule has 0 saturated carbocycles. The summed E-state index contributed by atoms with van der Waals surface area (Å²) in [6.45, 7) is 0. The summed E-state index contributed by atoms with van der Waals surface area (Å²) >= 11 is 0. The minimum atomic E-state index is -0.835. The molecule has 2 rings (SSSR count). The van der Waals surface area contributed by atoms with Crippen molar-refractivity contribution in [3.63, 3.8) is 0 Å². The van der Waals surface area contributed by atoms with Crippen molar-refractivity contribution >= 4 is 12.0 Å². The normalized spacial score (nSPS) is 12.2. The van der Waals surface area contributed by atoms with E-state index in [0.29, 0.717) is 25.0 Å². The number of hydrogen-bond acceptors (Lipinski definition) is 4. The molecular weight excluding hydrogens is 344 g/mol. The Bertz CT molecular complexity index is 765.